The average molecular weight is 491 g/mol. The van der Waals surface area contributed by atoms with Gasteiger partial charge >= 0.3 is 11.6 Å². The van der Waals surface area contributed by atoms with Crippen LogP contribution >= 0.6 is 0 Å². The van der Waals surface area contributed by atoms with Gasteiger partial charge in [0.25, 0.3) is 0 Å². The minimum atomic E-state index is -0.734. The number of hydrogen-bond donors (Lipinski definition) is 0. The fourth-order valence-corrected chi connectivity index (χ4v) is 3.46. The molecule has 0 unspecified atom stereocenters. The van der Waals surface area contributed by atoms with Crippen LogP contribution in [0.4, 0.5) is 0 Å². The number of rotatable bonds is 9. The zero-order valence-electron chi connectivity index (χ0n) is 21.8. The van der Waals surface area contributed by atoms with E-state index in [4.69, 9.17) is 18.6 Å². The Balaban J connectivity index is 1.96. The number of hydrogen-bond acceptors (Lipinski definition) is 6. The van der Waals surface area contributed by atoms with Crippen molar-refractivity contribution in [1.82, 2.24) is 0 Å². The molecule has 1 heterocycles. The summed E-state index contributed by atoms with van der Waals surface area (Å²) in [6, 6.07) is 13.6. The molecule has 190 valence electrons. The number of ether oxygens (including phenoxy) is 3. The van der Waals surface area contributed by atoms with Crippen LogP contribution in [0.15, 0.2) is 81.0 Å². The lowest BCUT2D eigenvalue weighted by Crippen LogP contribution is -2.22. The van der Waals surface area contributed by atoms with Crippen LogP contribution in [0.3, 0.4) is 0 Å². The molecule has 2 aromatic carbocycles. The zero-order chi connectivity index (χ0) is 26.3. The molecule has 3 rings (SSSR count). The zero-order valence-corrected chi connectivity index (χ0v) is 21.8. The summed E-state index contributed by atoms with van der Waals surface area (Å²) in [5.41, 5.74) is 1.82. The Kier molecular flexibility index (Phi) is 8.75. The number of carbonyl (C=O) groups is 1. The van der Waals surface area contributed by atoms with E-state index in [1.807, 2.05) is 33.8 Å². The molecular weight excluding hydrogens is 456 g/mol. The van der Waals surface area contributed by atoms with Gasteiger partial charge in [-0.05, 0) is 84.7 Å². The first-order valence-electron chi connectivity index (χ1n) is 12.0. The summed E-state index contributed by atoms with van der Waals surface area (Å²) < 4.78 is 23.0. The second kappa shape index (κ2) is 11.8. The second-order valence-electron chi connectivity index (χ2n) is 9.86. The number of carbonyl (C=O) groups excluding carboxylic acids is 1. The minimum Gasteiger partial charge on any atom is -0.488 e. The van der Waals surface area contributed by atoms with Crippen LogP contribution in [0.2, 0.25) is 0 Å². The fraction of sp³-hybridized carbons (Fsp3) is 0.333. The highest BCUT2D eigenvalue weighted by Gasteiger charge is 2.22. The van der Waals surface area contributed by atoms with Gasteiger partial charge in [-0.2, -0.15) is 0 Å². The third-order valence-electron chi connectivity index (χ3n) is 5.17. The number of benzene rings is 2. The van der Waals surface area contributed by atoms with Gasteiger partial charge in [-0.3, -0.25) is 0 Å². The van der Waals surface area contributed by atoms with Crippen molar-refractivity contribution in [2.45, 2.75) is 60.0 Å². The lowest BCUT2D eigenvalue weighted by molar-refractivity contribution is 0.0730. The summed E-state index contributed by atoms with van der Waals surface area (Å²) in [6.07, 6.45) is 5.90. The van der Waals surface area contributed by atoms with Crippen molar-refractivity contribution in [3.05, 3.63) is 87.8 Å². The van der Waals surface area contributed by atoms with Crippen LogP contribution in [0.5, 0.6) is 17.2 Å². The maximum atomic E-state index is 12.9. The highest BCUT2D eigenvalue weighted by Crippen LogP contribution is 2.36. The molecule has 0 aliphatic rings. The topological polar surface area (TPSA) is 75.0 Å². The molecule has 0 saturated carbocycles. The van der Waals surface area contributed by atoms with Crippen molar-refractivity contribution in [2.24, 2.45) is 0 Å². The molecule has 0 spiro atoms. The number of esters is 1. The SMILES string of the molecule is CC(C)=CCCC(C)=CCOc1c(OC(=O)c2ccccc2)c2ccc(OC(C)(C)C)cc2oc1=O. The Morgan fingerprint density at radius 1 is 0.972 bits per heavy atom. The van der Waals surface area contributed by atoms with Gasteiger partial charge in [0, 0.05) is 6.07 Å². The molecule has 0 aliphatic carbocycles. The van der Waals surface area contributed by atoms with E-state index in [2.05, 4.69) is 19.9 Å². The summed E-state index contributed by atoms with van der Waals surface area (Å²) in [7, 11) is 0. The van der Waals surface area contributed by atoms with Gasteiger partial charge in [0.1, 0.15) is 23.5 Å². The molecule has 36 heavy (non-hydrogen) atoms. The predicted octanol–water partition coefficient (Wildman–Crippen LogP) is 7.26. The summed E-state index contributed by atoms with van der Waals surface area (Å²) in [6.45, 7) is 12.1. The van der Waals surface area contributed by atoms with Crippen LogP contribution in [0.25, 0.3) is 11.0 Å². The molecule has 6 nitrogen and oxygen atoms in total. The van der Waals surface area contributed by atoms with Crippen molar-refractivity contribution in [3.8, 4) is 17.2 Å². The van der Waals surface area contributed by atoms with Crippen molar-refractivity contribution in [2.75, 3.05) is 6.61 Å². The van der Waals surface area contributed by atoms with E-state index in [0.29, 0.717) is 16.7 Å². The smallest absolute Gasteiger partial charge is 0.383 e. The summed E-state index contributed by atoms with van der Waals surface area (Å²) in [5.74, 6) is -0.199. The van der Waals surface area contributed by atoms with Crippen LogP contribution in [0.1, 0.15) is 64.7 Å². The standard InChI is InChI=1S/C30H34O6/c1-20(2)11-10-12-21(3)17-18-33-27-26(35-28(31)22-13-8-7-9-14-22)24-16-15-23(36-30(4,5)6)19-25(24)34-29(27)32/h7-9,11,13-17,19H,10,12,18H2,1-6H3. The number of allylic oxidation sites excluding steroid dienone is 3. The van der Waals surface area contributed by atoms with Crippen molar-refractivity contribution >= 4 is 16.9 Å². The van der Waals surface area contributed by atoms with Gasteiger partial charge in [0.05, 0.1) is 10.9 Å². The maximum absolute atomic E-state index is 12.9. The Hall–Kier alpha value is -3.80. The van der Waals surface area contributed by atoms with Crippen LogP contribution < -0.4 is 19.8 Å². The highest BCUT2D eigenvalue weighted by atomic mass is 16.6. The largest absolute Gasteiger partial charge is 0.488 e. The van der Waals surface area contributed by atoms with E-state index in [1.54, 1.807) is 48.5 Å². The quantitative estimate of drug-likeness (QED) is 0.178. The molecule has 0 fully saturated rings. The Labute approximate surface area is 212 Å². The Bertz CT molecular complexity index is 1320. The van der Waals surface area contributed by atoms with Crippen LogP contribution in [-0.4, -0.2) is 18.2 Å². The van der Waals surface area contributed by atoms with E-state index in [0.717, 1.165) is 18.4 Å². The fourth-order valence-electron chi connectivity index (χ4n) is 3.46. The first-order valence-corrected chi connectivity index (χ1v) is 12.0. The summed E-state index contributed by atoms with van der Waals surface area (Å²) in [5, 5.41) is 0.430. The first-order chi connectivity index (χ1) is 17.0. The third-order valence-corrected chi connectivity index (χ3v) is 5.17. The summed E-state index contributed by atoms with van der Waals surface area (Å²) >= 11 is 0. The maximum Gasteiger partial charge on any atom is 0.383 e. The molecule has 0 radical (unpaired) electrons. The van der Waals surface area contributed by atoms with Gasteiger partial charge < -0.3 is 18.6 Å². The molecule has 1 aromatic heterocycles. The monoisotopic (exact) mass is 490 g/mol. The van der Waals surface area contributed by atoms with Crippen molar-refractivity contribution in [3.63, 3.8) is 0 Å². The third kappa shape index (κ3) is 7.60. The lowest BCUT2D eigenvalue weighted by atomic mass is 10.1. The molecule has 0 bridgehead atoms. The molecule has 0 N–H and O–H groups in total. The van der Waals surface area contributed by atoms with Crippen LogP contribution in [0, 0.1) is 0 Å². The van der Waals surface area contributed by atoms with E-state index in [1.165, 1.54) is 5.57 Å². The normalized spacial score (nSPS) is 11.8. The molecule has 3 aromatic rings. The molecule has 6 heteroatoms. The second-order valence-corrected chi connectivity index (χ2v) is 9.86. The van der Waals surface area contributed by atoms with E-state index >= 15 is 0 Å². The van der Waals surface area contributed by atoms with Crippen LogP contribution in [-0.2, 0) is 0 Å². The number of fused-ring (bicyclic) bond motifs is 1. The van der Waals surface area contributed by atoms with Crippen molar-refractivity contribution < 1.29 is 23.4 Å². The Morgan fingerprint density at radius 2 is 1.69 bits per heavy atom. The molecule has 0 aliphatic heterocycles. The summed E-state index contributed by atoms with van der Waals surface area (Å²) in [4.78, 5) is 25.8. The molecule has 0 amide bonds. The first kappa shape index (κ1) is 26.8. The molecule has 0 saturated heterocycles. The molecule has 0 atom stereocenters. The predicted molar refractivity (Wildman–Crippen MR) is 142 cm³/mol. The highest BCUT2D eigenvalue weighted by molar-refractivity contribution is 5.95. The molecular formula is C30H34O6. The minimum absolute atomic E-state index is 0.0213. The van der Waals surface area contributed by atoms with Crippen molar-refractivity contribution in [1.29, 1.82) is 0 Å². The van der Waals surface area contributed by atoms with E-state index in [9.17, 15) is 9.59 Å². The van der Waals surface area contributed by atoms with E-state index in [-0.39, 0.29) is 23.7 Å². The van der Waals surface area contributed by atoms with Gasteiger partial charge in [0.2, 0.25) is 5.75 Å². The Morgan fingerprint density at radius 3 is 2.36 bits per heavy atom. The van der Waals surface area contributed by atoms with Gasteiger partial charge in [-0.25, -0.2) is 9.59 Å². The van der Waals surface area contributed by atoms with Gasteiger partial charge in [-0.15, -0.1) is 0 Å². The van der Waals surface area contributed by atoms with E-state index < -0.39 is 17.2 Å². The van der Waals surface area contributed by atoms with Gasteiger partial charge in [0.15, 0.2) is 5.75 Å². The average Bonchev–Trinajstić information content (AvgIpc) is 2.79. The van der Waals surface area contributed by atoms with Gasteiger partial charge in [-0.1, -0.05) is 35.4 Å². The lowest BCUT2D eigenvalue weighted by Gasteiger charge is -2.21.